The van der Waals surface area contributed by atoms with E-state index < -0.39 is 0 Å². The summed E-state index contributed by atoms with van der Waals surface area (Å²) < 4.78 is 10.8. The van der Waals surface area contributed by atoms with E-state index in [9.17, 15) is 0 Å². The van der Waals surface area contributed by atoms with Crippen LogP contribution in [-0.4, -0.2) is 38.9 Å². The highest BCUT2D eigenvalue weighted by Crippen LogP contribution is 2.35. The van der Waals surface area contributed by atoms with Crippen molar-refractivity contribution < 1.29 is 9.47 Å². The van der Waals surface area contributed by atoms with E-state index >= 15 is 0 Å². The Morgan fingerprint density at radius 1 is 1.30 bits per heavy atom. The topological polar surface area (TPSA) is 33.7 Å². The molecule has 112 valence electrons. The third-order valence-electron chi connectivity index (χ3n) is 3.99. The van der Waals surface area contributed by atoms with E-state index in [4.69, 9.17) is 9.47 Å². The molecular formula is C16H26N2O2. The summed E-state index contributed by atoms with van der Waals surface area (Å²) in [5, 5.41) is 3.61. The molecule has 1 saturated heterocycles. The summed E-state index contributed by atoms with van der Waals surface area (Å²) in [5.74, 6) is 1.70. The molecule has 0 aliphatic carbocycles. The van der Waals surface area contributed by atoms with E-state index in [1.165, 1.54) is 0 Å². The van der Waals surface area contributed by atoms with Crippen LogP contribution in [0.2, 0.25) is 0 Å². The SMILES string of the molecule is CCC1CNC(C)(C)CN1c1ccc(OC)cc1OC. The van der Waals surface area contributed by atoms with Gasteiger partial charge in [0.2, 0.25) is 0 Å². The number of nitrogens with zero attached hydrogens (tertiary/aromatic N) is 1. The molecule has 0 aromatic heterocycles. The minimum Gasteiger partial charge on any atom is -0.497 e. The summed E-state index contributed by atoms with van der Waals surface area (Å²) in [5.41, 5.74) is 1.26. The molecule has 0 radical (unpaired) electrons. The Labute approximate surface area is 122 Å². The highest BCUT2D eigenvalue weighted by atomic mass is 16.5. The number of anilines is 1. The molecule has 0 spiro atoms. The van der Waals surface area contributed by atoms with Crippen molar-refractivity contribution in [1.82, 2.24) is 5.32 Å². The number of rotatable bonds is 4. The van der Waals surface area contributed by atoms with E-state index in [2.05, 4.69) is 37.1 Å². The number of hydrogen-bond acceptors (Lipinski definition) is 4. The van der Waals surface area contributed by atoms with Crippen LogP contribution in [0.5, 0.6) is 11.5 Å². The first kappa shape index (κ1) is 15.0. The van der Waals surface area contributed by atoms with E-state index in [1.54, 1.807) is 14.2 Å². The van der Waals surface area contributed by atoms with Crippen molar-refractivity contribution in [2.24, 2.45) is 0 Å². The summed E-state index contributed by atoms with van der Waals surface area (Å²) in [7, 11) is 3.39. The van der Waals surface area contributed by atoms with Crippen LogP contribution in [-0.2, 0) is 0 Å². The van der Waals surface area contributed by atoms with E-state index in [0.717, 1.165) is 36.7 Å². The van der Waals surface area contributed by atoms with Crippen LogP contribution in [0.3, 0.4) is 0 Å². The van der Waals surface area contributed by atoms with Gasteiger partial charge in [0.1, 0.15) is 11.5 Å². The molecule has 1 aromatic carbocycles. The maximum atomic E-state index is 5.56. The summed E-state index contributed by atoms with van der Waals surface area (Å²) in [4.78, 5) is 2.45. The van der Waals surface area contributed by atoms with Crippen LogP contribution in [0.4, 0.5) is 5.69 Å². The standard InChI is InChI=1S/C16H26N2O2/c1-6-12-10-17-16(2,3)11-18(12)14-8-7-13(19-4)9-15(14)20-5/h7-9,12,17H,6,10-11H2,1-5H3. The maximum Gasteiger partial charge on any atom is 0.145 e. The molecule has 4 heteroatoms. The van der Waals surface area contributed by atoms with Gasteiger partial charge in [-0.3, -0.25) is 0 Å². The molecule has 1 aliphatic heterocycles. The minimum absolute atomic E-state index is 0.108. The lowest BCUT2D eigenvalue weighted by molar-refractivity contribution is 0.303. The molecule has 1 fully saturated rings. The van der Waals surface area contributed by atoms with Gasteiger partial charge in [-0.2, -0.15) is 0 Å². The third kappa shape index (κ3) is 3.01. The zero-order valence-corrected chi connectivity index (χ0v) is 13.2. The highest BCUT2D eigenvalue weighted by molar-refractivity contribution is 5.62. The van der Waals surface area contributed by atoms with E-state index in [1.807, 2.05) is 12.1 Å². The Hall–Kier alpha value is -1.42. The second-order valence-corrected chi connectivity index (χ2v) is 5.99. The van der Waals surface area contributed by atoms with E-state index in [0.29, 0.717) is 6.04 Å². The van der Waals surface area contributed by atoms with Gasteiger partial charge in [-0.15, -0.1) is 0 Å². The second kappa shape index (κ2) is 5.92. The fourth-order valence-corrected chi connectivity index (χ4v) is 2.78. The Bertz CT molecular complexity index is 460. The first-order valence-corrected chi connectivity index (χ1v) is 7.24. The predicted molar refractivity (Wildman–Crippen MR) is 83.1 cm³/mol. The lowest BCUT2D eigenvalue weighted by Crippen LogP contribution is -2.61. The van der Waals surface area contributed by atoms with Crippen LogP contribution in [0.15, 0.2) is 18.2 Å². The van der Waals surface area contributed by atoms with Gasteiger partial charge in [0.25, 0.3) is 0 Å². The Morgan fingerprint density at radius 3 is 2.65 bits per heavy atom. The average Bonchev–Trinajstić information content (AvgIpc) is 2.45. The third-order valence-corrected chi connectivity index (χ3v) is 3.99. The largest absolute Gasteiger partial charge is 0.497 e. The molecule has 2 rings (SSSR count). The second-order valence-electron chi connectivity index (χ2n) is 5.99. The molecule has 4 nitrogen and oxygen atoms in total. The Morgan fingerprint density at radius 2 is 2.05 bits per heavy atom. The number of nitrogens with one attached hydrogen (secondary N) is 1. The van der Waals surface area contributed by atoms with E-state index in [-0.39, 0.29) is 5.54 Å². The van der Waals surface area contributed by atoms with Crippen LogP contribution < -0.4 is 19.7 Å². The molecule has 1 unspecified atom stereocenters. The zero-order chi connectivity index (χ0) is 14.8. The smallest absolute Gasteiger partial charge is 0.145 e. The predicted octanol–water partition coefficient (Wildman–Crippen LogP) is 2.67. The van der Waals surface area contributed by atoms with Crippen molar-refractivity contribution in [2.45, 2.75) is 38.8 Å². The van der Waals surface area contributed by atoms with Gasteiger partial charge in [-0.05, 0) is 32.4 Å². The van der Waals surface area contributed by atoms with Gasteiger partial charge in [-0.25, -0.2) is 0 Å². The van der Waals surface area contributed by atoms with Crippen LogP contribution in [0, 0.1) is 0 Å². The summed E-state index contributed by atoms with van der Waals surface area (Å²) in [6.07, 6.45) is 1.11. The van der Waals surface area contributed by atoms with Gasteiger partial charge >= 0.3 is 0 Å². The molecule has 1 N–H and O–H groups in total. The Kier molecular flexibility index (Phi) is 4.43. The van der Waals surface area contributed by atoms with Gasteiger partial charge < -0.3 is 19.7 Å². The summed E-state index contributed by atoms with van der Waals surface area (Å²) >= 11 is 0. The van der Waals surface area contributed by atoms with Gasteiger partial charge in [0, 0.05) is 30.7 Å². The highest BCUT2D eigenvalue weighted by Gasteiger charge is 2.33. The van der Waals surface area contributed by atoms with Crippen molar-refractivity contribution in [1.29, 1.82) is 0 Å². The molecule has 20 heavy (non-hydrogen) atoms. The van der Waals surface area contributed by atoms with Crippen molar-refractivity contribution in [3.8, 4) is 11.5 Å². The number of hydrogen-bond donors (Lipinski definition) is 1. The molecular weight excluding hydrogens is 252 g/mol. The first-order valence-electron chi connectivity index (χ1n) is 7.24. The van der Waals surface area contributed by atoms with Crippen molar-refractivity contribution >= 4 is 5.69 Å². The van der Waals surface area contributed by atoms with Crippen molar-refractivity contribution in [2.75, 3.05) is 32.2 Å². The van der Waals surface area contributed by atoms with Crippen LogP contribution in [0.1, 0.15) is 27.2 Å². The lowest BCUT2D eigenvalue weighted by Gasteiger charge is -2.46. The van der Waals surface area contributed by atoms with Gasteiger partial charge in [0.15, 0.2) is 0 Å². The minimum atomic E-state index is 0.108. The molecule has 0 bridgehead atoms. The fourth-order valence-electron chi connectivity index (χ4n) is 2.78. The lowest BCUT2D eigenvalue weighted by atomic mass is 9.96. The average molecular weight is 278 g/mol. The molecule has 0 saturated carbocycles. The molecule has 1 heterocycles. The number of ether oxygens (including phenoxy) is 2. The fraction of sp³-hybridized carbons (Fsp3) is 0.625. The monoisotopic (exact) mass is 278 g/mol. The zero-order valence-electron chi connectivity index (χ0n) is 13.2. The number of benzene rings is 1. The van der Waals surface area contributed by atoms with Crippen molar-refractivity contribution in [3.63, 3.8) is 0 Å². The molecule has 1 aliphatic rings. The van der Waals surface area contributed by atoms with Crippen LogP contribution in [0.25, 0.3) is 0 Å². The quantitative estimate of drug-likeness (QED) is 0.918. The van der Waals surface area contributed by atoms with Gasteiger partial charge in [-0.1, -0.05) is 6.92 Å². The van der Waals surface area contributed by atoms with Crippen molar-refractivity contribution in [3.05, 3.63) is 18.2 Å². The summed E-state index contributed by atoms with van der Waals surface area (Å²) in [6.45, 7) is 8.67. The molecule has 1 aromatic rings. The number of piperazine rings is 1. The van der Waals surface area contributed by atoms with Crippen LogP contribution >= 0.6 is 0 Å². The normalized spacial score (nSPS) is 21.6. The maximum absolute atomic E-state index is 5.56. The summed E-state index contributed by atoms with van der Waals surface area (Å²) in [6, 6.07) is 6.55. The van der Waals surface area contributed by atoms with Gasteiger partial charge in [0.05, 0.1) is 19.9 Å². The molecule has 1 atom stereocenters. The molecule has 0 amide bonds. The Balaban J connectivity index is 2.36. The first-order chi connectivity index (χ1) is 9.50. The number of methoxy groups -OCH3 is 2.